The monoisotopic (exact) mass is 242 g/mol. The van der Waals surface area contributed by atoms with E-state index in [1.165, 1.54) is 0 Å². The Bertz CT molecular complexity index is 528. The second-order valence-electron chi connectivity index (χ2n) is 4.03. The maximum Gasteiger partial charge on any atom is 0.363 e. The smallest absolute Gasteiger partial charge is 0.363 e. The summed E-state index contributed by atoms with van der Waals surface area (Å²) in [6.07, 6.45) is 5.22. The van der Waals surface area contributed by atoms with Crippen molar-refractivity contribution in [2.45, 2.75) is 0 Å². The highest BCUT2D eigenvalue weighted by atomic mass is 16.6. The molecule has 0 aromatic heterocycles. The highest BCUT2D eigenvalue weighted by molar-refractivity contribution is 6.11. The first-order chi connectivity index (χ1) is 8.66. The molecular formula is C14H14N2O2. The third-order valence-corrected chi connectivity index (χ3v) is 2.28. The Balaban J connectivity index is 2.20. The van der Waals surface area contributed by atoms with E-state index in [2.05, 4.69) is 4.99 Å². The number of hydrogen-bond acceptors (Lipinski definition) is 4. The van der Waals surface area contributed by atoms with Crippen LogP contribution in [0.3, 0.4) is 0 Å². The average Bonchev–Trinajstić information content (AvgIpc) is 2.72. The highest BCUT2D eigenvalue weighted by Crippen LogP contribution is 2.15. The van der Waals surface area contributed by atoms with E-state index in [1.54, 1.807) is 12.2 Å². The molecule has 0 saturated heterocycles. The van der Waals surface area contributed by atoms with Crippen molar-refractivity contribution in [2.75, 3.05) is 14.1 Å². The number of ether oxygens (including phenoxy) is 1. The van der Waals surface area contributed by atoms with Gasteiger partial charge < -0.3 is 9.64 Å². The molecule has 1 heterocycles. The van der Waals surface area contributed by atoms with E-state index in [0.717, 1.165) is 5.56 Å². The third kappa shape index (κ3) is 2.85. The Hall–Kier alpha value is -2.36. The zero-order chi connectivity index (χ0) is 13.0. The second kappa shape index (κ2) is 5.31. The molecular weight excluding hydrogens is 228 g/mol. The van der Waals surface area contributed by atoms with E-state index < -0.39 is 5.97 Å². The summed E-state index contributed by atoms with van der Waals surface area (Å²) in [5, 5.41) is 0. The van der Waals surface area contributed by atoms with Gasteiger partial charge in [-0.15, -0.1) is 0 Å². The lowest BCUT2D eigenvalue weighted by Gasteiger charge is -2.00. The molecule has 0 saturated carbocycles. The third-order valence-electron chi connectivity index (χ3n) is 2.28. The molecule has 0 N–H and O–H groups in total. The summed E-state index contributed by atoms with van der Waals surface area (Å²) in [6, 6.07) is 9.35. The Kier molecular flexibility index (Phi) is 3.57. The largest absolute Gasteiger partial charge is 0.402 e. The van der Waals surface area contributed by atoms with Crippen molar-refractivity contribution >= 4 is 11.9 Å². The quantitative estimate of drug-likeness (QED) is 0.601. The standard InChI is InChI=1S/C14H14N2O2/c1-16(2)10-6-9-12-14(17)18-13(15-12)11-7-4-3-5-8-11/h3-10H,1-2H3/b10-6+,12-9-. The van der Waals surface area contributed by atoms with Crippen LogP contribution in [0.5, 0.6) is 0 Å². The van der Waals surface area contributed by atoms with Crippen LogP contribution in [0.15, 0.2) is 59.4 Å². The number of benzene rings is 1. The summed E-state index contributed by atoms with van der Waals surface area (Å²) in [5.74, 6) is -0.0673. The van der Waals surface area contributed by atoms with Gasteiger partial charge in [0.15, 0.2) is 5.70 Å². The minimum Gasteiger partial charge on any atom is -0.402 e. The molecule has 0 bridgehead atoms. The number of allylic oxidation sites excluding steroid dienone is 2. The molecule has 0 spiro atoms. The predicted octanol–water partition coefficient (Wildman–Crippen LogP) is 1.95. The Morgan fingerprint density at radius 1 is 1.22 bits per heavy atom. The van der Waals surface area contributed by atoms with Gasteiger partial charge in [-0.1, -0.05) is 18.2 Å². The van der Waals surface area contributed by atoms with E-state index in [-0.39, 0.29) is 0 Å². The molecule has 1 aliphatic heterocycles. The lowest BCUT2D eigenvalue weighted by molar-refractivity contribution is -0.130. The minimum atomic E-state index is -0.419. The van der Waals surface area contributed by atoms with Gasteiger partial charge in [0.05, 0.1) is 0 Å². The zero-order valence-electron chi connectivity index (χ0n) is 10.3. The molecule has 0 atom stereocenters. The molecule has 1 aromatic carbocycles. The highest BCUT2D eigenvalue weighted by Gasteiger charge is 2.23. The van der Waals surface area contributed by atoms with Gasteiger partial charge in [-0.2, -0.15) is 0 Å². The number of carbonyl (C=O) groups excluding carboxylic acids is 1. The fourth-order valence-electron chi connectivity index (χ4n) is 1.43. The van der Waals surface area contributed by atoms with Crippen LogP contribution < -0.4 is 0 Å². The van der Waals surface area contributed by atoms with Gasteiger partial charge in [0.1, 0.15) is 0 Å². The van der Waals surface area contributed by atoms with Crippen LogP contribution in [0.1, 0.15) is 5.56 Å². The molecule has 4 heteroatoms. The van der Waals surface area contributed by atoms with Crippen molar-refractivity contribution in [1.82, 2.24) is 4.90 Å². The number of rotatable bonds is 3. The van der Waals surface area contributed by atoms with Crippen molar-refractivity contribution in [1.29, 1.82) is 0 Å². The summed E-state index contributed by atoms with van der Waals surface area (Å²) in [7, 11) is 3.81. The summed E-state index contributed by atoms with van der Waals surface area (Å²) in [5.41, 5.74) is 1.11. The summed E-state index contributed by atoms with van der Waals surface area (Å²) < 4.78 is 5.11. The van der Waals surface area contributed by atoms with Crippen LogP contribution in [0.2, 0.25) is 0 Å². The molecule has 92 valence electrons. The average molecular weight is 242 g/mol. The van der Waals surface area contributed by atoms with Crippen molar-refractivity contribution < 1.29 is 9.53 Å². The number of esters is 1. The van der Waals surface area contributed by atoms with Crippen molar-refractivity contribution in [2.24, 2.45) is 4.99 Å². The topological polar surface area (TPSA) is 41.9 Å². The minimum absolute atomic E-state index is 0.312. The van der Waals surface area contributed by atoms with Gasteiger partial charge in [0.2, 0.25) is 5.90 Å². The molecule has 1 aromatic rings. The van der Waals surface area contributed by atoms with E-state index in [0.29, 0.717) is 11.6 Å². The lowest BCUT2D eigenvalue weighted by atomic mass is 10.2. The van der Waals surface area contributed by atoms with Gasteiger partial charge in [0.25, 0.3) is 0 Å². The molecule has 0 aliphatic carbocycles. The maximum absolute atomic E-state index is 11.6. The number of nitrogens with zero attached hydrogens (tertiary/aromatic N) is 2. The van der Waals surface area contributed by atoms with Crippen LogP contribution in [0.25, 0.3) is 0 Å². The van der Waals surface area contributed by atoms with Gasteiger partial charge >= 0.3 is 5.97 Å². The van der Waals surface area contributed by atoms with Crippen LogP contribution in [-0.4, -0.2) is 30.9 Å². The number of aliphatic imine (C=N–C) groups is 1. The SMILES string of the molecule is CN(C)/C=C/C=C1\N=C(c2ccccc2)OC1=O. The molecule has 0 amide bonds. The van der Waals surface area contributed by atoms with Crippen LogP contribution in [0.4, 0.5) is 0 Å². The zero-order valence-corrected chi connectivity index (χ0v) is 10.3. The first-order valence-corrected chi connectivity index (χ1v) is 5.58. The fraction of sp³-hybridized carbons (Fsp3) is 0.143. The van der Waals surface area contributed by atoms with E-state index in [1.807, 2.05) is 55.5 Å². The van der Waals surface area contributed by atoms with Crippen molar-refractivity contribution in [3.8, 4) is 0 Å². The van der Waals surface area contributed by atoms with Gasteiger partial charge in [-0.05, 0) is 30.5 Å². The number of hydrogen-bond donors (Lipinski definition) is 0. The summed E-state index contributed by atoms with van der Waals surface area (Å²) in [6.45, 7) is 0. The predicted molar refractivity (Wildman–Crippen MR) is 70.0 cm³/mol. The normalized spacial score (nSPS) is 17.1. The van der Waals surface area contributed by atoms with Crippen molar-refractivity contribution in [3.05, 3.63) is 59.9 Å². The molecule has 0 radical (unpaired) electrons. The molecule has 0 fully saturated rings. The second-order valence-corrected chi connectivity index (χ2v) is 4.03. The Morgan fingerprint density at radius 2 is 1.94 bits per heavy atom. The molecule has 1 aliphatic rings. The first kappa shape index (κ1) is 12.1. The Labute approximate surface area is 106 Å². The molecule has 18 heavy (non-hydrogen) atoms. The Morgan fingerprint density at radius 3 is 2.61 bits per heavy atom. The number of cyclic esters (lactones) is 1. The van der Waals surface area contributed by atoms with E-state index in [9.17, 15) is 4.79 Å². The van der Waals surface area contributed by atoms with Gasteiger partial charge in [-0.3, -0.25) is 0 Å². The van der Waals surface area contributed by atoms with E-state index >= 15 is 0 Å². The first-order valence-electron chi connectivity index (χ1n) is 5.58. The lowest BCUT2D eigenvalue weighted by Crippen LogP contribution is -2.05. The summed E-state index contributed by atoms with van der Waals surface area (Å²) in [4.78, 5) is 17.6. The van der Waals surface area contributed by atoms with E-state index in [4.69, 9.17) is 4.74 Å². The van der Waals surface area contributed by atoms with Crippen LogP contribution in [-0.2, 0) is 9.53 Å². The van der Waals surface area contributed by atoms with Crippen LogP contribution >= 0.6 is 0 Å². The van der Waals surface area contributed by atoms with Gasteiger partial charge in [-0.25, -0.2) is 9.79 Å². The molecule has 2 rings (SSSR count). The van der Waals surface area contributed by atoms with Crippen molar-refractivity contribution in [3.63, 3.8) is 0 Å². The number of carbonyl (C=O) groups is 1. The maximum atomic E-state index is 11.6. The summed E-state index contributed by atoms with van der Waals surface area (Å²) >= 11 is 0. The van der Waals surface area contributed by atoms with Crippen LogP contribution in [0, 0.1) is 0 Å². The fourth-order valence-corrected chi connectivity index (χ4v) is 1.43. The molecule has 0 unspecified atom stereocenters. The van der Waals surface area contributed by atoms with Gasteiger partial charge in [0, 0.05) is 19.7 Å². The molecule has 4 nitrogen and oxygen atoms in total.